The van der Waals surface area contributed by atoms with E-state index < -0.39 is 12.6 Å². The van der Waals surface area contributed by atoms with E-state index in [1.807, 2.05) is 12.1 Å². The van der Waals surface area contributed by atoms with E-state index in [-0.39, 0.29) is 35.0 Å². The van der Waals surface area contributed by atoms with Crippen LogP contribution in [-0.4, -0.2) is 42.3 Å². The quantitative estimate of drug-likeness (QED) is 0.167. The maximum absolute atomic E-state index is 13.2. The molecule has 3 aliphatic rings. The van der Waals surface area contributed by atoms with Crippen LogP contribution in [-0.2, 0) is 14.3 Å². The zero-order chi connectivity index (χ0) is 29.0. The predicted octanol–water partition coefficient (Wildman–Crippen LogP) is 5.49. The lowest BCUT2D eigenvalue weighted by Gasteiger charge is -2.19. The second kappa shape index (κ2) is 10.2. The van der Waals surface area contributed by atoms with Gasteiger partial charge < -0.3 is 9.47 Å². The van der Waals surface area contributed by atoms with Gasteiger partial charge in [0.1, 0.15) is 5.75 Å². The minimum atomic E-state index is -0.636. The minimum Gasteiger partial charge on any atom is -0.497 e. The molecule has 2 bridgehead atoms. The van der Waals surface area contributed by atoms with Gasteiger partial charge >= 0.3 is 5.97 Å². The van der Waals surface area contributed by atoms with Crippen molar-refractivity contribution in [1.29, 1.82) is 0 Å². The molecule has 42 heavy (non-hydrogen) atoms. The van der Waals surface area contributed by atoms with Gasteiger partial charge in [-0.3, -0.25) is 19.3 Å². The Morgan fingerprint density at radius 2 is 1.55 bits per heavy atom. The Balaban J connectivity index is 1.13. The van der Waals surface area contributed by atoms with Crippen molar-refractivity contribution >= 4 is 40.2 Å². The van der Waals surface area contributed by atoms with Crippen molar-refractivity contribution < 1.29 is 28.7 Å². The van der Waals surface area contributed by atoms with Gasteiger partial charge in [-0.1, -0.05) is 30.3 Å². The lowest BCUT2D eigenvalue weighted by Crippen LogP contribution is -2.32. The van der Waals surface area contributed by atoms with E-state index in [1.165, 1.54) is 4.90 Å². The lowest BCUT2D eigenvalue weighted by atomic mass is 9.81. The molecule has 3 fully saturated rings. The number of nitrogens with zero attached hydrogens (tertiary/aromatic N) is 2. The van der Waals surface area contributed by atoms with Crippen molar-refractivity contribution in [3.8, 4) is 17.0 Å². The van der Waals surface area contributed by atoms with Crippen LogP contribution in [0.4, 0.5) is 5.69 Å². The molecule has 1 aromatic heterocycles. The molecule has 2 aliphatic carbocycles. The number of imide groups is 1. The number of benzene rings is 3. The van der Waals surface area contributed by atoms with Crippen molar-refractivity contribution in [3.63, 3.8) is 0 Å². The number of Topliss-reactive ketones (excluding diaryl/α,β-unsaturated/α-hetero) is 1. The highest BCUT2D eigenvalue weighted by atomic mass is 16.5. The Morgan fingerprint density at radius 3 is 2.21 bits per heavy atom. The maximum atomic E-state index is 13.2. The molecule has 3 aromatic carbocycles. The number of rotatable bonds is 7. The smallest absolute Gasteiger partial charge is 0.339 e. The van der Waals surface area contributed by atoms with Gasteiger partial charge in [0.2, 0.25) is 11.8 Å². The van der Waals surface area contributed by atoms with Crippen molar-refractivity contribution in [2.24, 2.45) is 23.7 Å². The number of esters is 1. The van der Waals surface area contributed by atoms with Crippen LogP contribution in [0.2, 0.25) is 0 Å². The highest BCUT2D eigenvalue weighted by Gasteiger charge is 2.61. The molecule has 2 saturated carbocycles. The predicted molar refractivity (Wildman–Crippen MR) is 155 cm³/mol. The number of ether oxygens (including phenoxy) is 2. The molecule has 7 rings (SSSR count). The van der Waals surface area contributed by atoms with Crippen LogP contribution in [0.3, 0.4) is 0 Å². The van der Waals surface area contributed by atoms with Crippen LogP contribution in [0, 0.1) is 23.7 Å². The first-order valence-electron chi connectivity index (χ1n) is 14.2. The van der Waals surface area contributed by atoms with E-state index >= 15 is 0 Å². The van der Waals surface area contributed by atoms with Crippen LogP contribution in [0.25, 0.3) is 22.2 Å². The van der Waals surface area contributed by atoms with Crippen molar-refractivity contribution in [3.05, 3.63) is 90.0 Å². The molecule has 0 spiro atoms. The first-order valence-corrected chi connectivity index (χ1v) is 14.2. The Morgan fingerprint density at radius 1 is 0.881 bits per heavy atom. The number of ketones is 1. The number of amides is 2. The highest BCUT2D eigenvalue weighted by molar-refractivity contribution is 6.22. The molecular formula is C34H28N2O6. The average Bonchev–Trinajstić information content (AvgIpc) is 3.72. The molecular weight excluding hydrogens is 532 g/mol. The highest BCUT2D eigenvalue weighted by Crippen LogP contribution is 2.56. The lowest BCUT2D eigenvalue weighted by molar-refractivity contribution is -0.123. The second-order valence-corrected chi connectivity index (χ2v) is 11.2. The van der Waals surface area contributed by atoms with Gasteiger partial charge in [0, 0.05) is 16.5 Å². The third-order valence-electron chi connectivity index (χ3n) is 9.03. The summed E-state index contributed by atoms with van der Waals surface area (Å²) < 4.78 is 10.6. The summed E-state index contributed by atoms with van der Waals surface area (Å²) in [4.78, 5) is 58.5. The summed E-state index contributed by atoms with van der Waals surface area (Å²) in [5, 5.41) is 0.606. The zero-order valence-corrected chi connectivity index (χ0v) is 23.0. The Bertz CT molecular complexity index is 1720. The molecule has 0 N–H and O–H groups in total. The number of methoxy groups -OCH3 is 1. The molecule has 4 atom stereocenters. The number of fused-ring (bicyclic) bond motifs is 6. The van der Waals surface area contributed by atoms with E-state index in [2.05, 4.69) is 0 Å². The van der Waals surface area contributed by atoms with E-state index in [1.54, 1.807) is 73.8 Å². The van der Waals surface area contributed by atoms with Crippen LogP contribution < -0.4 is 9.64 Å². The zero-order valence-electron chi connectivity index (χ0n) is 23.0. The number of pyridine rings is 1. The van der Waals surface area contributed by atoms with Gasteiger partial charge in [-0.05, 0) is 79.6 Å². The summed E-state index contributed by atoms with van der Waals surface area (Å²) in [6.07, 6.45) is 3.06. The summed E-state index contributed by atoms with van der Waals surface area (Å²) in [6.45, 7) is -0.409. The largest absolute Gasteiger partial charge is 0.497 e. The second-order valence-electron chi connectivity index (χ2n) is 11.2. The molecule has 4 aromatic rings. The van der Waals surface area contributed by atoms with E-state index in [9.17, 15) is 19.2 Å². The number of aromatic nitrogens is 1. The normalized spacial score (nSPS) is 22.5. The number of hydrogen-bond acceptors (Lipinski definition) is 7. The Kier molecular flexibility index (Phi) is 6.34. The summed E-state index contributed by atoms with van der Waals surface area (Å²) in [7, 11) is 1.54. The van der Waals surface area contributed by atoms with Crippen LogP contribution >= 0.6 is 0 Å². The minimum absolute atomic E-state index is 0.0806. The van der Waals surface area contributed by atoms with E-state index in [4.69, 9.17) is 14.5 Å². The molecule has 8 nitrogen and oxygen atoms in total. The van der Waals surface area contributed by atoms with Crippen LogP contribution in [0.15, 0.2) is 78.9 Å². The van der Waals surface area contributed by atoms with Crippen LogP contribution in [0.5, 0.6) is 5.75 Å². The molecule has 8 heteroatoms. The molecule has 2 heterocycles. The summed E-state index contributed by atoms with van der Waals surface area (Å²) in [5.74, 6) is -0.205. The SMILES string of the molecule is COc1ccc(C(=O)COC(=O)c2cc(-c3ccc(N4C(=O)[C@H]5[C@@H]6CC[C@@H](C6)[C@@H]5C4=O)cc3)nc3ccccc23)cc1. The Labute approximate surface area is 242 Å². The van der Waals surface area contributed by atoms with E-state index in [0.717, 1.165) is 19.3 Å². The van der Waals surface area contributed by atoms with Crippen LogP contribution in [0.1, 0.15) is 40.0 Å². The first-order chi connectivity index (χ1) is 20.4. The third-order valence-corrected chi connectivity index (χ3v) is 9.03. The number of carbonyl (C=O) groups is 4. The molecule has 0 unspecified atom stereocenters. The van der Waals surface area contributed by atoms with Gasteiger partial charge in [0.05, 0.1) is 41.4 Å². The van der Waals surface area contributed by atoms with E-state index in [0.29, 0.717) is 51.0 Å². The number of para-hydroxylation sites is 1. The molecule has 0 radical (unpaired) electrons. The standard InChI is InChI=1S/C34H28N2O6/c1-41-24-14-10-20(11-15-24)29(37)18-42-34(40)26-17-28(35-27-5-3-2-4-25(26)27)19-8-12-23(13-9-19)36-32(38)30-21-6-7-22(16-21)31(30)33(36)39/h2-5,8-15,17,21-22,30-31H,6-7,16,18H2,1H3/t21-,22+,30-,31-/m0/s1. The first kappa shape index (κ1) is 26.1. The summed E-state index contributed by atoms with van der Waals surface area (Å²) in [6, 6.07) is 22.6. The van der Waals surface area contributed by atoms with Crippen molar-refractivity contribution in [2.75, 3.05) is 18.6 Å². The average molecular weight is 561 g/mol. The Hall–Kier alpha value is -4.85. The number of hydrogen-bond donors (Lipinski definition) is 0. The van der Waals surface area contributed by atoms with Gasteiger partial charge in [-0.15, -0.1) is 0 Å². The fourth-order valence-electron chi connectivity index (χ4n) is 7.01. The topological polar surface area (TPSA) is 103 Å². The van der Waals surface area contributed by atoms with Crippen molar-refractivity contribution in [2.45, 2.75) is 19.3 Å². The third kappa shape index (κ3) is 4.26. The van der Waals surface area contributed by atoms with Crippen molar-refractivity contribution in [1.82, 2.24) is 4.98 Å². The molecule has 2 amide bonds. The van der Waals surface area contributed by atoms with Gasteiger partial charge in [-0.2, -0.15) is 0 Å². The number of carbonyl (C=O) groups excluding carboxylic acids is 4. The van der Waals surface area contributed by atoms with Gasteiger partial charge in [0.25, 0.3) is 0 Å². The maximum Gasteiger partial charge on any atom is 0.339 e. The number of anilines is 1. The molecule has 1 saturated heterocycles. The fraction of sp³-hybridized carbons (Fsp3) is 0.265. The molecule has 1 aliphatic heterocycles. The molecule has 210 valence electrons. The van der Waals surface area contributed by atoms with Gasteiger partial charge in [-0.25, -0.2) is 9.78 Å². The monoisotopic (exact) mass is 560 g/mol. The fourth-order valence-corrected chi connectivity index (χ4v) is 7.01. The summed E-state index contributed by atoms with van der Waals surface area (Å²) in [5.41, 5.74) is 3.10. The summed E-state index contributed by atoms with van der Waals surface area (Å²) >= 11 is 0. The van der Waals surface area contributed by atoms with Gasteiger partial charge in [0.15, 0.2) is 12.4 Å².